The van der Waals surface area contributed by atoms with Crippen molar-refractivity contribution in [3.8, 4) is 0 Å². The number of carbonyl (C=O) groups is 1. The van der Waals surface area contributed by atoms with E-state index in [-0.39, 0.29) is 5.91 Å². The minimum atomic E-state index is -4.40. The van der Waals surface area contributed by atoms with E-state index in [1.54, 1.807) is 6.92 Å². The molecule has 6 nitrogen and oxygen atoms in total. The molecule has 0 heterocycles. The normalized spacial score (nSPS) is 12.7. The van der Waals surface area contributed by atoms with Crippen LogP contribution in [0.1, 0.15) is 155 Å². The molecule has 0 bridgehead atoms. The van der Waals surface area contributed by atoms with Crippen LogP contribution in [0.5, 0.6) is 0 Å². The topological polar surface area (TPSA) is 92.7 Å². The van der Waals surface area contributed by atoms with Crippen molar-refractivity contribution in [1.29, 1.82) is 0 Å². The summed E-state index contributed by atoms with van der Waals surface area (Å²) in [7, 11) is -4.40. The molecule has 0 aliphatic carbocycles. The SMILES string of the molecule is CCCCCCCCCCCCCCCCCCCCCC(=O)NCCCC(C)OS(=O)(=O)O. The number of carbonyl (C=O) groups excluding carboxylic acids is 1. The third-order valence-corrected chi connectivity index (χ3v) is 6.97. The van der Waals surface area contributed by atoms with E-state index in [9.17, 15) is 13.2 Å². The Bertz CT molecular complexity index is 553. The molecule has 0 aliphatic rings. The van der Waals surface area contributed by atoms with Gasteiger partial charge in [-0.15, -0.1) is 0 Å². The Hall–Kier alpha value is -0.660. The molecule has 1 atom stereocenters. The molecule has 7 heteroatoms. The van der Waals surface area contributed by atoms with E-state index in [1.165, 1.54) is 109 Å². The van der Waals surface area contributed by atoms with E-state index in [4.69, 9.17) is 4.55 Å². The van der Waals surface area contributed by atoms with Crippen molar-refractivity contribution >= 4 is 16.3 Å². The van der Waals surface area contributed by atoms with Gasteiger partial charge in [0.15, 0.2) is 0 Å². The zero-order valence-electron chi connectivity index (χ0n) is 22.3. The van der Waals surface area contributed by atoms with E-state index in [1.807, 2.05) is 0 Å². The zero-order chi connectivity index (χ0) is 25.3. The number of unbranched alkanes of at least 4 members (excludes halogenated alkanes) is 18. The second-order valence-electron chi connectivity index (χ2n) is 9.94. The van der Waals surface area contributed by atoms with Crippen molar-refractivity contribution in [2.24, 2.45) is 0 Å². The van der Waals surface area contributed by atoms with E-state index in [0.29, 0.717) is 25.8 Å². The standard InChI is InChI=1S/C27H55NO5S/c1-3-4-5-6-7-8-9-10-11-12-13-14-15-16-17-18-19-20-21-24-27(29)28-25-22-23-26(2)33-34(30,31)32/h26H,3-25H2,1-2H3,(H,28,29)(H,30,31,32). The first-order valence-corrected chi connectivity index (χ1v) is 15.6. The Balaban J connectivity index is 3.24. The predicted molar refractivity (Wildman–Crippen MR) is 142 cm³/mol. The van der Waals surface area contributed by atoms with Crippen LogP contribution in [-0.2, 0) is 19.4 Å². The van der Waals surface area contributed by atoms with Gasteiger partial charge in [-0.25, -0.2) is 4.18 Å². The van der Waals surface area contributed by atoms with Crippen molar-refractivity contribution in [1.82, 2.24) is 5.32 Å². The molecule has 0 aromatic carbocycles. The van der Waals surface area contributed by atoms with Crippen LogP contribution in [0, 0.1) is 0 Å². The number of nitrogens with one attached hydrogen (secondary N) is 1. The molecule has 0 aliphatic heterocycles. The van der Waals surface area contributed by atoms with Gasteiger partial charge in [-0.1, -0.05) is 122 Å². The summed E-state index contributed by atoms with van der Waals surface area (Å²) in [5.74, 6) is 0.0512. The fourth-order valence-electron chi connectivity index (χ4n) is 4.33. The molecular weight excluding hydrogens is 450 g/mol. The summed E-state index contributed by atoms with van der Waals surface area (Å²) in [5, 5.41) is 2.85. The molecule has 0 saturated heterocycles. The van der Waals surface area contributed by atoms with Gasteiger partial charge in [-0.2, -0.15) is 8.42 Å². The van der Waals surface area contributed by atoms with Gasteiger partial charge in [0.05, 0.1) is 6.10 Å². The number of rotatable bonds is 26. The number of amides is 1. The van der Waals surface area contributed by atoms with Gasteiger partial charge in [0.2, 0.25) is 5.91 Å². The number of hydrogen-bond acceptors (Lipinski definition) is 4. The highest BCUT2D eigenvalue weighted by Gasteiger charge is 2.11. The average Bonchev–Trinajstić information content (AvgIpc) is 2.77. The maximum Gasteiger partial charge on any atom is 0.397 e. The summed E-state index contributed by atoms with van der Waals surface area (Å²) in [6, 6.07) is 0. The lowest BCUT2D eigenvalue weighted by Gasteiger charge is -2.10. The first-order valence-electron chi connectivity index (χ1n) is 14.3. The minimum absolute atomic E-state index is 0.0512. The molecule has 0 radical (unpaired) electrons. The summed E-state index contributed by atoms with van der Waals surface area (Å²) in [6.07, 6.45) is 26.5. The molecule has 0 rings (SSSR count). The smallest absolute Gasteiger partial charge is 0.356 e. The summed E-state index contributed by atoms with van der Waals surface area (Å²) in [4.78, 5) is 11.8. The van der Waals surface area contributed by atoms with E-state index in [2.05, 4.69) is 16.4 Å². The molecular formula is C27H55NO5S. The molecule has 1 amide bonds. The first-order chi connectivity index (χ1) is 16.3. The molecule has 34 heavy (non-hydrogen) atoms. The van der Waals surface area contributed by atoms with Crippen LogP contribution in [-0.4, -0.2) is 31.5 Å². The summed E-state index contributed by atoms with van der Waals surface area (Å²) in [5.41, 5.74) is 0. The van der Waals surface area contributed by atoms with E-state index < -0.39 is 16.5 Å². The second kappa shape index (κ2) is 24.1. The zero-order valence-corrected chi connectivity index (χ0v) is 23.1. The van der Waals surface area contributed by atoms with Crippen LogP contribution < -0.4 is 5.32 Å². The molecule has 0 spiro atoms. The fraction of sp³-hybridized carbons (Fsp3) is 0.963. The van der Waals surface area contributed by atoms with Gasteiger partial charge in [0.25, 0.3) is 0 Å². The Morgan fingerprint density at radius 2 is 1.09 bits per heavy atom. The van der Waals surface area contributed by atoms with Crippen LogP contribution in [0.15, 0.2) is 0 Å². The molecule has 1 unspecified atom stereocenters. The first kappa shape index (κ1) is 33.3. The Morgan fingerprint density at radius 1 is 0.706 bits per heavy atom. The lowest BCUT2D eigenvalue weighted by atomic mass is 10.0. The Morgan fingerprint density at radius 3 is 1.47 bits per heavy atom. The van der Waals surface area contributed by atoms with E-state index in [0.717, 1.165) is 12.8 Å². The van der Waals surface area contributed by atoms with Crippen LogP contribution in [0.4, 0.5) is 0 Å². The van der Waals surface area contributed by atoms with Crippen molar-refractivity contribution in [3.05, 3.63) is 0 Å². The summed E-state index contributed by atoms with van der Waals surface area (Å²) in [6.45, 7) is 4.35. The van der Waals surface area contributed by atoms with Crippen LogP contribution in [0.25, 0.3) is 0 Å². The van der Waals surface area contributed by atoms with Crippen molar-refractivity contribution < 1.29 is 21.9 Å². The summed E-state index contributed by atoms with van der Waals surface area (Å²) < 4.78 is 34.2. The van der Waals surface area contributed by atoms with Gasteiger partial charge in [-0.05, 0) is 26.2 Å². The maximum atomic E-state index is 11.8. The Labute approximate surface area is 211 Å². The summed E-state index contributed by atoms with van der Waals surface area (Å²) >= 11 is 0. The van der Waals surface area contributed by atoms with Gasteiger partial charge >= 0.3 is 10.4 Å². The molecule has 204 valence electrons. The predicted octanol–water partition coefficient (Wildman–Crippen LogP) is 7.91. The number of hydrogen-bond donors (Lipinski definition) is 2. The molecule has 0 aromatic rings. The van der Waals surface area contributed by atoms with Crippen molar-refractivity contribution in [3.63, 3.8) is 0 Å². The van der Waals surface area contributed by atoms with E-state index >= 15 is 0 Å². The highest BCUT2D eigenvalue weighted by atomic mass is 32.3. The third kappa shape index (κ3) is 27.6. The largest absolute Gasteiger partial charge is 0.397 e. The molecule has 0 fully saturated rings. The van der Waals surface area contributed by atoms with Gasteiger partial charge < -0.3 is 5.32 Å². The molecule has 2 N–H and O–H groups in total. The second-order valence-corrected chi connectivity index (χ2v) is 11.0. The quantitative estimate of drug-likeness (QED) is 0.0920. The molecule has 0 saturated carbocycles. The van der Waals surface area contributed by atoms with Crippen LogP contribution in [0.2, 0.25) is 0 Å². The molecule has 0 aromatic heterocycles. The van der Waals surface area contributed by atoms with Crippen molar-refractivity contribution in [2.75, 3.05) is 6.54 Å². The lowest BCUT2D eigenvalue weighted by Crippen LogP contribution is -2.25. The van der Waals surface area contributed by atoms with Crippen LogP contribution >= 0.6 is 0 Å². The average molecular weight is 506 g/mol. The van der Waals surface area contributed by atoms with Crippen LogP contribution in [0.3, 0.4) is 0 Å². The van der Waals surface area contributed by atoms with Gasteiger partial charge in [-0.3, -0.25) is 9.35 Å². The lowest BCUT2D eigenvalue weighted by molar-refractivity contribution is -0.121. The van der Waals surface area contributed by atoms with Gasteiger partial charge in [0.1, 0.15) is 0 Å². The monoisotopic (exact) mass is 505 g/mol. The highest BCUT2D eigenvalue weighted by molar-refractivity contribution is 7.80. The fourth-order valence-corrected chi connectivity index (χ4v) is 4.84. The maximum absolute atomic E-state index is 11.8. The van der Waals surface area contributed by atoms with Gasteiger partial charge in [0, 0.05) is 13.0 Å². The Kier molecular flexibility index (Phi) is 23.6. The highest BCUT2D eigenvalue weighted by Crippen LogP contribution is 2.14. The minimum Gasteiger partial charge on any atom is -0.356 e. The van der Waals surface area contributed by atoms with Crippen molar-refractivity contribution in [2.45, 2.75) is 161 Å². The third-order valence-electron chi connectivity index (χ3n) is 6.40.